The predicted octanol–water partition coefficient (Wildman–Crippen LogP) is 0.179. The number of hydrogen-bond acceptors (Lipinski definition) is 7. The minimum Gasteiger partial charge on any atom is -0.457 e. The Kier molecular flexibility index (Phi) is 5.92. The zero-order valence-electron chi connectivity index (χ0n) is 15.3. The number of amides is 2. The number of piperidine rings is 1. The van der Waals surface area contributed by atoms with Crippen LogP contribution in [0, 0.1) is 5.92 Å². The minimum atomic E-state index is -0.801. The molecule has 3 rings (SSSR count). The van der Waals surface area contributed by atoms with Gasteiger partial charge in [0.2, 0.25) is 11.8 Å². The van der Waals surface area contributed by atoms with Gasteiger partial charge in [-0.2, -0.15) is 0 Å². The lowest BCUT2D eigenvalue weighted by molar-refractivity contribution is -0.158. The number of carbonyl (C=O) groups excluding carboxylic acids is 3. The summed E-state index contributed by atoms with van der Waals surface area (Å²) in [5.74, 6) is -1.81. The molecular weight excluding hydrogens is 370 g/mol. The third-order valence-electron chi connectivity index (χ3n) is 5.19. The molecule has 0 radical (unpaired) electrons. The van der Waals surface area contributed by atoms with Gasteiger partial charge in [0.25, 0.3) is 0 Å². The van der Waals surface area contributed by atoms with Gasteiger partial charge in [0, 0.05) is 11.4 Å². The van der Waals surface area contributed by atoms with Crippen LogP contribution < -0.4 is 5.73 Å². The van der Waals surface area contributed by atoms with Crippen LogP contribution in [0.25, 0.3) is 0 Å². The Morgan fingerprint density at radius 3 is 2.85 bits per heavy atom. The van der Waals surface area contributed by atoms with Gasteiger partial charge in [-0.1, -0.05) is 19.1 Å². The van der Waals surface area contributed by atoms with Crippen LogP contribution in [-0.2, 0) is 19.1 Å². The molecule has 0 aromatic rings. The number of ether oxygens (including phenoxy) is 1. The normalized spacial score (nSPS) is 29.2. The maximum atomic E-state index is 12.6. The van der Waals surface area contributed by atoms with E-state index in [-0.39, 0.29) is 35.5 Å². The number of esters is 1. The van der Waals surface area contributed by atoms with Crippen LogP contribution in [0.4, 0.5) is 0 Å². The molecule has 0 aromatic heterocycles. The van der Waals surface area contributed by atoms with E-state index < -0.39 is 18.0 Å². The van der Waals surface area contributed by atoms with Gasteiger partial charge in [0.15, 0.2) is 0 Å². The molecule has 0 aliphatic carbocycles. The number of likely N-dealkylation sites (tertiary alicyclic amines) is 1. The van der Waals surface area contributed by atoms with Crippen LogP contribution in [-0.4, -0.2) is 69.9 Å². The first-order valence-electron chi connectivity index (χ1n) is 9.09. The Balaban J connectivity index is 1.86. The van der Waals surface area contributed by atoms with E-state index in [2.05, 4.69) is 6.58 Å². The van der Waals surface area contributed by atoms with Crippen molar-refractivity contribution in [2.45, 2.75) is 43.7 Å². The highest BCUT2D eigenvalue weighted by molar-refractivity contribution is 8.04. The summed E-state index contributed by atoms with van der Waals surface area (Å²) in [5, 5.41) is 9.57. The first-order valence-corrected chi connectivity index (χ1v) is 9.97. The van der Waals surface area contributed by atoms with Gasteiger partial charge in [-0.15, -0.1) is 11.8 Å². The third kappa shape index (κ3) is 3.63. The monoisotopic (exact) mass is 395 g/mol. The van der Waals surface area contributed by atoms with Crippen LogP contribution in [0.2, 0.25) is 0 Å². The van der Waals surface area contributed by atoms with E-state index in [4.69, 9.17) is 10.5 Å². The molecule has 9 heteroatoms. The van der Waals surface area contributed by atoms with Crippen molar-refractivity contribution in [1.82, 2.24) is 9.80 Å². The summed E-state index contributed by atoms with van der Waals surface area (Å²) in [6, 6.07) is -0.381. The second kappa shape index (κ2) is 8.04. The number of rotatable bonds is 7. The Morgan fingerprint density at radius 1 is 1.48 bits per heavy atom. The summed E-state index contributed by atoms with van der Waals surface area (Å²) in [6.45, 7) is 6.19. The number of β-lactam (4-membered cyclic amide) rings is 1. The second-order valence-electron chi connectivity index (χ2n) is 7.03. The van der Waals surface area contributed by atoms with Crippen LogP contribution in [0.3, 0.4) is 0 Å². The molecular formula is C18H25N3O5S. The predicted molar refractivity (Wildman–Crippen MR) is 100.0 cm³/mol. The van der Waals surface area contributed by atoms with Crippen molar-refractivity contribution in [2.24, 2.45) is 11.7 Å². The molecule has 0 spiro atoms. The first-order chi connectivity index (χ1) is 12.9. The molecule has 0 saturated carbocycles. The average Bonchev–Trinajstić information content (AvgIpc) is 2.93. The van der Waals surface area contributed by atoms with Gasteiger partial charge in [-0.25, -0.2) is 4.79 Å². The fourth-order valence-corrected chi connectivity index (χ4v) is 5.47. The number of aliphatic hydroxyl groups excluding tert-OH is 1. The third-order valence-corrected chi connectivity index (χ3v) is 6.54. The summed E-state index contributed by atoms with van der Waals surface area (Å²) in [7, 11) is 0. The summed E-state index contributed by atoms with van der Waals surface area (Å²) >= 11 is 1.38. The highest BCUT2D eigenvalue weighted by Gasteiger charge is 2.58. The Bertz CT molecular complexity index is 692. The van der Waals surface area contributed by atoms with Gasteiger partial charge < -0.3 is 15.6 Å². The lowest BCUT2D eigenvalue weighted by Gasteiger charge is -2.43. The maximum Gasteiger partial charge on any atom is 0.356 e. The van der Waals surface area contributed by atoms with Crippen LogP contribution >= 0.6 is 11.8 Å². The molecule has 148 valence electrons. The molecule has 3 aliphatic rings. The van der Waals surface area contributed by atoms with Gasteiger partial charge in [-0.05, 0) is 26.3 Å². The van der Waals surface area contributed by atoms with Crippen molar-refractivity contribution in [3.63, 3.8) is 0 Å². The highest BCUT2D eigenvalue weighted by atomic mass is 32.2. The molecule has 3 heterocycles. The largest absolute Gasteiger partial charge is 0.457 e. The van der Waals surface area contributed by atoms with E-state index in [1.54, 1.807) is 6.92 Å². The van der Waals surface area contributed by atoms with E-state index in [1.807, 2.05) is 4.90 Å². The maximum absolute atomic E-state index is 12.6. The van der Waals surface area contributed by atoms with Crippen LogP contribution in [0.5, 0.6) is 0 Å². The number of carbonyl (C=O) groups is 3. The number of thioether (sulfide) groups is 1. The Morgan fingerprint density at radius 2 is 2.22 bits per heavy atom. The summed E-state index contributed by atoms with van der Waals surface area (Å²) in [6.07, 6.45) is 3.22. The molecule has 3 aliphatic heterocycles. The number of hydrogen-bond donors (Lipinski definition) is 2. The molecule has 2 saturated heterocycles. The number of aliphatic hydroxyl groups is 1. The number of nitrogens with two attached hydrogens (primary N) is 1. The van der Waals surface area contributed by atoms with Crippen molar-refractivity contribution in [1.29, 1.82) is 0 Å². The van der Waals surface area contributed by atoms with Crippen molar-refractivity contribution < 1.29 is 24.2 Å². The molecule has 0 bridgehead atoms. The van der Waals surface area contributed by atoms with Gasteiger partial charge in [0.05, 0.1) is 18.1 Å². The van der Waals surface area contributed by atoms with E-state index >= 15 is 0 Å². The quantitative estimate of drug-likeness (QED) is 0.359. The molecule has 2 amide bonds. The molecule has 0 unspecified atom stereocenters. The topological polar surface area (TPSA) is 113 Å². The number of nitrogens with zero attached hydrogens (tertiary/aromatic N) is 2. The van der Waals surface area contributed by atoms with Crippen molar-refractivity contribution >= 4 is 29.5 Å². The van der Waals surface area contributed by atoms with Crippen molar-refractivity contribution in [2.75, 3.05) is 19.7 Å². The van der Waals surface area contributed by atoms with Crippen LogP contribution in [0.15, 0.2) is 23.3 Å². The number of primary amides is 1. The fraction of sp³-hybridized carbons (Fsp3) is 0.611. The molecule has 8 nitrogen and oxygen atoms in total. The summed E-state index contributed by atoms with van der Waals surface area (Å²) < 4.78 is 5.17. The summed E-state index contributed by atoms with van der Waals surface area (Å²) in [5.41, 5.74) is 5.75. The van der Waals surface area contributed by atoms with E-state index in [9.17, 15) is 19.5 Å². The lowest BCUT2D eigenvalue weighted by Crippen LogP contribution is -2.60. The fourth-order valence-electron chi connectivity index (χ4n) is 3.84. The Hall–Kier alpha value is -1.84. The van der Waals surface area contributed by atoms with Gasteiger partial charge in [-0.3, -0.25) is 19.4 Å². The Labute approximate surface area is 162 Å². The molecule has 0 aromatic carbocycles. The first kappa shape index (κ1) is 19.9. The number of fused-ring (bicyclic) bond motifs is 1. The van der Waals surface area contributed by atoms with Crippen molar-refractivity contribution in [3.05, 3.63) is 23.3 Å². The summed E-state index contributed by atoms with van der Waals surface area (Å²) in [4.78, 5) is 40.9. The lowest BCUT2D eigenvalue weighted by atomic mass is 9.92. The van der Waals surface area contributed by atoms with Gasteiger partial charge >= 0.3 is 5.97 Å². The average molecular weight is 395 g/mol. The minimum absolute atomic E-state index is 0.0421. The van der Waals surface area contributed by atoms with Gasteiger partial charge in [0.1, 0.15) is 17.7 Å². The molecule has 3 N–H and O–H groups in total. The second-order valence-corrected chi connectivity index (χ2v) is 8.24. The zero-order chi connectivity index (χ0) is 19.7. The molecule has 2 fully saturated rings. The van der Waals surface area contributed by atoms with Crippen LogP contribution in [0.1, 0.15) is 26.2 Å². The standard InChI is InChI=1S/C18H25N3O5S/c1-3-8-26-18(25)14-12(9-20-7-5-4-6-11(20)15(19)23)27-17-13(10(2)22)16(24)21(14)17/h3,10-11,13,17,22H,1,4-9H2,2H3,(H2,19,23)/t10-,11+,13+,17-/m1/s1. The molecule has 4 atom stereocenters. The SMILES string of the molecule is C=CCOC(=O)C1=C(CN2CCCC[C@H]2C(N)=O)S[C@@H]2[C@@H]([C@@H](C)O)C(=O)N12. The highest BCUT2D eigenvalue weighted by Crippen LogP contribution is 2.50. The van der Waals surface area contributed by atoms with E-state index in [1.165, 1.54) is 22.7 Å². The van der Waals surface area contributed by atoms with E-state index in [0.717, 1.165) is 12.8 Å². The molecule has 27 heavy (non-hydrogen) atoms. The smallest absolute Gasteiger partial charge is 0.356 e. The van der Waals surface area contributed by atoms with Crippen molar-refractivity contribution in [3.8, 4) is 0 Å². The zero-order valence-corrected chi connectivity index (χ0v) is 16.1. The van der Waals surface area contributed by atoms with E-state index in [0.29, 0.717) is 24.4 Å².